The number of nitrogens with two attached hydrogens (primary N) is 1. The fourth-order valence-electron chi connectivity index (χ4n) is 2.55. The van der Waals surface area contributed by atoms with E-state index in [4.69, 9.17) is 17.3 Å². The molecule has 1 heterocycles. The number of hydrogen-bond donors (Lipinski definition) is 1. The monoisotopic (exact) mass is 331 g/mol. The van der Waals surface area contributed by atoms with E-state index in [9.17, 15) is 8.42 Å². The van der Waals surface area contributed by atoms with Crippen molar-refractivity contribution < 1.29 is 8.42 Å². The predicted molar refractivity (Wildman–Crippen MR) is 86.1 cm³/mol. The molecule has 0 aromatic heterocycles. The van der Waals surface area contributed by atoms with Gasteiger partial charge in [-0.3, -0.25) is 0 Å². The second-order valence-electron chi connectivity index (χ2n) is 5.53. The van der Waals surface area contributed by atoms with Gasteiger partial charge < -0.3 is 10.6 Å². The molecule has 2 N–H and O–H groups in total. The molecular formula is C14H22ClN3O2S. The average molecular weight is 332 g/mol. The number of nitrogens with zero attached hydrogens (tertiary/aromatic N) is 2. The lowest BCUT2D eigenvalue weighted by Crippen LogP contribution is -2.52. The molecule has 1 aromatic carbocycles. The molecule has 0 amide bonds. The largest absolute Gasteiger partial charge is 0.398 e. The minimum absolute atomic E-state index is 0.176. The second kappa shape index (κ2) is 6.12. The van der Waals surface area contributed by atoms with Gasteiger partial charge in [0.1, 0.15) is 0 Å². The molecule has 1 fully saturated rings. The van der Waals surface area contributed by atoms with Crippen LogP contribution < -0.4 is 5.73 Å². The zero-order valence-electron chi connectivity index (χ0n) is 12.6. The van der Waals surface area contributed by atoms with Crippen molar-refractivity contribution in [1.29, 1.82) is 0 Å². The van der Waals surface area contributed by atoms with E-state index in [2.05, 4.69) is 11.8 Å². The first-order valence-electron chi connectivity index (χ1n) is 7.03. The third-order valence-electron chi connectivity index (χ3n) is 4.21. The molecule has 7 heteroatoms. The van der Waals surface area contributed by atoms with Crippen molar-refractivity contribution in [2.75, 3.05) is 32.4 Å². The summed E-state index contributed by atoms with van der Waals surface area (Å²) in [7, 11) is -1.52. The Balaban J connectivity index is 2.34. The van der Waals surface area contributed by atoms with E-state index >= 15 is 0 Å². The molecule has 1 aliphatic heterocycles. The maximum atomic E-state index is 12.8. The number of benzene rings is 1. The van der Waals surface area contributed by atoms with E-state index < -0.39 is 10.0 Å². The molecule has 0 radical (unpaired) electrons. The Hall–Kier alpha value is -0.820. The van der Waals surface area contributed by atoms with E-state index in [0.29, 0.717) is 29.4 Å². The molecule has 1 atom stereocenters. The topological polar surface area (TPSA) is 66.6 Å². The highest BCUT2D eigenvalue weighted by Crippen LogP contribution is 2.28. The van der Waals surface area contributed by atoms with Crippen molar-refractivity contribution in [2.24, 2.45) is 0 Å². The number of anilines is 1. The van der Waals surface area contributed by atoms with Crippen LogP contribution >= 0.6 is 11.6 Å². The van der Waals surface area contributed by atoms with Gasteiger partial charge in [0.05, 0.1) is 4.90 Å². The molecule has 1 aliphatic rings. The SMILES string of the molecule is CCC1CN(S(=O)(=O)c2cc(N)c(C)c(Cl)c2)CCN1C. The lowest BCUT2D eigenvalue weighted by Gasteiger charge is -2.38. The molecule has 1 unspecified atom stereocenters. The molecule has 0 bridgehead atoms. The molecule has 1 saturated heterocycles. The van der Waals surface area contributed by atoms with E-state index in [1.807, 2.05) is 7.05 Å². The molecule has 21 heavy (non-hydrogen) atoms. The quantitative estimate of drug-likeness (QED) is 0.860. The summed E-state index contributed by atoms with van der Waals surface area (Å²) in [6.45, 7) is 5.56. The van der Waals surface area contributed by atoms with Gasteiger partial charge in [0.2, 0.25) is 10.0 Å². The maximum Gasteiger partial charge on any atom is 0.243 e. The van der Waals surface area contributed by atoms with Gasteiger partial charge in [0.25, 0.3) is 0 Å². The van der Waals surface area contributed by atoms with E-state index in [1.54, 1.807) is 6.92 Å². The van der Waals surface area contributed by atoms with Crippen LogP contribution in [0.2, 0.25) is 5.02 Å². The zero-order valence-corrected chi connectivity index (χ0v) is 14.2. The summed E-state index contributed by atoms with van der Waals surface area (Å²) in [5.74, 6) is 0. The first-order chi connectivity index (χ1) is 9.77. The first-order valence-corrected chi connectivity index (χ1v) is 8.85. The lowest BCUT2D eigenvalue weighted by atomic mass is 10.1. The number of rotatable bonds is 3. The highest BCUT2D eigenvalue weighted by molar-refractivity contribution is 7.89. The third-order valence-corrected chi connectivity index (χ3v) is 6.44. The highest BCUT2D eigenvalue weighted by Gasteiger charge is 2.32. The van der Waals surface area contributed by atoms with Gasteiger partial charge in [-0.15, -0.1) is 0 Å². The molecule has 0 aliphatic carbocycles. The van der Waals surface area contributed by atoms with Gasteiger partial charge in [-0.2, -0.15) is 4.31 Å². The highest BCUT2D eigenvalue weighted by atomic mass is 35.5. The fourth-order valence-corrected chi connectivity index (χ4v) is 4.37. The van der Waals surface area contributed by atoms with E-state index in [0.717, 1.165) is 13.0 Å². The predicted octanol–water partition coefficient (Wildman–Crippen LogP) is 1.95. The van der Waals surface area contributed by atoms with Crippen LogP contribution in [0.25, 0.3) is 0 Å². The number of hydrogen-bond acceptors (Lipinski definition) is 4. The number of sulfonamides is 1. The molecule has 1 aromatic rings. The molecular weight excluding hydrogens is 310 g/mol. The standard InChI is InChI=1S/C14H22ClN3O2S/c1-4-11-9-18(6-5-17(11)3)21(19,20)12-7-13(15)10(2)14(16)8-12/h7-8,11H,4-6,9,16H2,1-3H3. The summed E-state index contributed by atoms with van der Waals surface area (Å²) in [5, 5.41) is 0.384. The Morgan fingerprint density at radius 1 is 1.38 bits per heavy atom. The van der Waals surface area contributed by atoms with Crippen molar-refractivity contribution in [1.82, 2.24) is 9.21 Å². The van der Waals surface area contributed by atoms with Gasteiger partial charge in [-0.1, -0.05) is 18.5 Å². The third kappa shape index (κ3) is 3.18. The first kappa shape index (κ1) is 16.5. The summed E-state index contributed by atoms with van der Waals surface area (Å²) in [4.78, 5) is 2.37. The van der Waals surface area contributed by atoms with Crippen molar-refractivity contribution in [3.05, 3.63) is 22.7 Å². The van der Waals surface area contributed by atoms with Crippen LogP contribution in [-0.2, 0) is 10.0 Å². The van der Waals surface area contributed by atoms with Gasteiger partial charge >= 0.3 is 0 Å². The maximum absolute atomic E-state index is 12.8. The number of halogens is 1. The van der Waals surface area contributed by atoms with Gasteiger partial charge in [-0.05, 0) is 38.1 Å². The van der Waals surface area contributed by atoms with Crippen LogP contribution in [0.5, 0.6) is 0 Å². The Labute approximate surface area is 131 Å². The van der Waals surface area contributed by atoms with Gasteiger partial charge in [0.15, 0.2) is 0 Å². The van der Waals surface area contributed by atoms with Crippen LogP contribution in [0, 0.1) is 6.92 Å². The summed E-state index contributed by atoms with van der Waals surface area (Å²) < 4.78 is 27.1. The Morgan fingerprint density at radius 3 is 2.62 bits per heavy atom. The minimum Gasteiger partial charge on any atom is -0.398 e. The number of likely N-dealkylation sites (N-methyl/N-ethyl adjacent to an activating group) is 1. The van der Waals surface area contributed by atoms with Crippen LogP contribution in [0.3, 0.4) is 0 Å². The molecule has 0 saturated carbocycles. The zero-order chi connectivity index (χ0) is 15.8. The van der Waals surface area contributed by atoms with Crippen LogP contribution in [0.4, 0.5) is 5.69 Å². The molecule has 0 spiro atoms. The van der Waals surface area contributed by atoms with Gasteiger partial charge in [0, 0.05) is 36.4 Å². The molecule has 118 valence electrons. The molecule has 2 rings (SSSR count). The summed E-state index contributed by atoms with van der Waals surface area (Å²) >= 11 is 6.07. The Bertz CT molecular complexity index is 610. The fraction of sp³-hybridized carbons (Fsp3) is 0.571. The summed E-state index contributed by atoms with van der Waals surface area (Å²) in [6.07, 6.45) is 0.916. The average Bonchev–Trinajstić information content (AvgIpc) is 2.44. The van der Waals surface area contributed by atoms with Crippen LogP contribution in [0.15, 0.2) is 17.0 Å². The summed E-state index contributed by atoms with van der Waals surface area (Å²) in [6, 6.07) is 3.23. The number of piperazine rings is 1. The van der Waals surface area contributed by atoms with E-state index in [-0.39, 0.29) is 10.9 Å². The normalized spacial score (nSPS) is 21.6. The Kier molecular flexibility index (Phi) is 4.82. The smallest absolute Gasteiger partial charge is 0.243 e. The van der Waals surface area contributed by atoms with Crippen molar-refractivity contribution >= 4 is 27.3 Å². The minimum atomic E-state index is -3.55. The van der Waals surface area contributed by atoms with Gasteiger partial charge in [-0.25, -0.2) is 8.42 Å². The van der Waals surface area contributed by atoms with Crippen LogP contribution in [-0.4, -0.2) is 50.3 Å². The number of nitrogen functional groups attached to an aromatic ring is 1. The molecule has 5 nitrogen and oxygen atoms in total. The van der Waals surface area contributed by atoms with E-state index in [1.165, 1.54) is 16.4 Å². The van der Waals surface area contributed by atoms with Crippen molar-refractivity contribution in [3.8, 4) is 0 Å². The second-order valence-corrected chi connectivity index (χ2v) is 7.87. The summed E-state index contributed by atoms with van der Waals surface area (Å²) in [5.41, 5.74) is 6.96. The van der Waals surface area contributed by atoms with Crippen molar-refractivity contribution in [2.45, 2.75) is 31.2 Å². The Morgan fingerprint density at radius 2 is 2.05 bits per heavy atom. The van der Waals surface area contributed by atoms with Crippen LogP contribution in [0.1, 0.15) is 18.9 Å². The van der Waals surface area contributed by atoms with Crippen molar-refractivity contribution in [3.63, 3.8) is 0 Å². The lowest BCUT2D eigenvalue weighted by molar-refractivity contribution is 0.144.